The van der Waals surface area contributed by atoms with Crippen molar-refractivity contribution in [2.24, 2.45) is 0 Å². The molecule has 0 saturated heterocycles. The van der Waals surface area contributed by atoms with Crippen LogP contribution in [0.2, 0.25) is 0 Å². The lowest BCUT2D eigenvalue weighted by atomic mass is 10.2. The van der Waals surface area contributed by atoms with Crippen LogP contribution in [-0.2, 0) is 10.0 Å². The number of aryl methyl sites for hydroxylation is 2. The fraction of sp³-hybridized carbons (Fsp3) is 0.500. The highest BCUT2D eigenvalue weighted by Gasteiger charge is 2.38. The molecule has 2 rings (SSSR count). The van der Waals surface area contributed by atoms with Crippen LogP contribution in [0.5, 0.6) is 0 Å². The van der Waals surface area contributed by atoms with Crippen LogP contribution in [0.25, 0.3) is 0 Å². The highest BCUT2D eigenvalue weighted by molar-refractivity contribution is 7.89. The van der Waals surface area contributed by atoms with E-state index in [1.165, 1.54) is 4.31 Å². The van der Waals surface area contributed by atoms with Gasteiger partial charge in [0.2, 0.25) is 10.0 Å². The zero-order valence-electron chi connectivity index (χ0n) is 11.3. The van der Waals surface area contributed by atoms with Gasteiger partial charge in [0.15, 0.2) is 0 Å². The van der Waals surface area contributed by atoms with Gasteiger partial charge < -0.3 is 0 Å². The van der Waals surface area contributed by atoms with E-state index >= 15 is 0 Å². The Hall–Kier alpha value is -1.38. The minimum atomic E-state index is -3.48. The molecule has 1 aliphatic rings. The van der Waals surface area contributed by atoms with Crippen molar-refractivity contribution in [3.63, 3.8) is 0 Å². The second kappa shape index (κ2) is 5.32. The van der Waals surface area contributed by atoms with Gasteiger partial charge in [-0.05, 0) is 43.9 Å². The number of sulfonamides is 1. The van der Waals surface area contributed by atoms with Gasteiger partial charge in [-0.2, -0.15) is 9.57 Å². The molecule has 1 saturated carbocycles. The van der Waals surface area contributed by atoms with Crippen LogP contribution in [0, 0.1) is 25.2 Å². The maximum Gasteiger partial charge on any atom is 0.243 e. The highest BCUT2D eigenvalue weighted by atomic mass is 32.2. The van der Waals surface area contributed by atoms with E-state index in [4.69, 9.17) is 5.26 Å². The Morgan fingerprint density at radius 2 is 2.05 bits per heavy atom. The molecule has 0 heterocycles. The van der Waals surface area contributed by atoms with Crippen molar-refractivity contribution >= 4 is 10.0 Å². The summed E-state index contributed by atoms with van der Waals surface area (Å²) in [7, 11) is -3.48. The molecule has 0 radical (unpaired) electrons. The number of benzene rings is 1. The van der Waals surface area contributed by atoms with Gasteiger partial charge in [0.25, 0.3) is 0 Å². The van der Waals surface area contributed by atoms with E-state index in [2.05, 4.69) is 0 Å². The van der Waals surface area contributed by atoms with E-state index in [9.17, 15) is 8.42 Å². The topological polar surface area (TPSA) is 61.2 Å². The molecular weight excluding hydrogens is 260 g/mol. The Morgan fingerprint density at radius 3 is 2.63 bits per heavy atom. The third-order valence-corrected chi connectivity index (χ3v) is 5.42. The normalized spacial score (nSPS) is 15.5. The van der Waals surface area contributed by atoms with Gasteiger partial charge in [-0.15, -0.1) is 0 Å². The Labute approximate surface area is 114 Å². The van der Waals surface area contributed by atoms with Crippen molar-refractivity contribution in [1.82, 2.24) is 4.31 Å². The molecule has 0 unspecified atom stereocenters. The zero-order valence-corrected chi connectivity index (χ0v) is 12.1. The molecule has 1 aromatic carbocycles. The average molecular weight is 278 g/mol. The summed E-state index contributed by atoms with van der Waals surface area (Å²) < 4.78 is 26.9. The van der Waals surface area contributed by atoms with E-state index in [0.717, 1.165) is 24.0 Å². The predicted molar refractivity (Wildman–Crippen MR) is 73.1 cm³/mol. The minimum Gasteiger partial charge on any atom is -0.207 e. The predicted octanol–water partition coefficient (Wildman–Crippen LogP) is 2.37. The fourth-order valence-corrected chi connectivity index (χ4v) is 4.13. The monoisotopic (exact) mass is 278 g/mol. The van der Waals surface area contributed by atoms with Gasteiger partial charge in [0.05, 0.1) is 11.0 Å². The number of hydrogen-bond donors (Lipinski definition) is 0. The summed E-state index contributed by atoms with van der Waals surface area (Å²) in [5.74, 6) is 0. The van der Waals surface area contributed by atoms with Crippen LogP contribution in [0.1, 0.15) is 30.4 Å². The molecule has 19 heavy (non-hydrogen) atoms. The molecule has 0 amide bonds. The number of rotatable bonds is 5. The smallest absolute Gasteiger partial charge is 0.207 e. The second-order valence-corrected chi connectivity index (χ2v) is 6.88. The number of nitriles is 1. The Balaban J connectivity index is 2.39. The molecule has 0 bridgehead atoms. The lowest BCUT2D eigenvalue weighted by Crippen LogP contribution is -2.34. The van der Waals surface area contributed by atoms with Crippen LogP contribution in [-0.4, -0.2) is 25.3 Å². The first kappa shape index (κ1) is 14.0. The van der Waals surface area contributed by atoms with E-state index < -0.39 is 10.0 Å². The minimum absolute atomic E-state index is 0.0817. The Kier molecular flexibility index (Phi) is 3.93. The standard InChI is InChI=1S/C14H18N2O2S/c1-11-4-5-12(2)14(10-11)19(17,18)16(9-3-8-15)13-6-7-13/h4-5,10,13H,3,6-7,9H2,1-2H3. The van der Waals surface area contributed by atoms with Gasteiger partial charge in [0, 0.05) is 19.0 Å². The van der Waals surface area contributed by atoms with Crippen LogP contribution in [0.3, 0.4) is 0 Å². The largest absolute Gasteiger partial charge is 0.243 e. The molecule has 1 fully saturated rings. The maximum absolute atomic E-state index is 12.7. The van der Waals surface area contributed by atoms with Crippen molar-refractivity contribution in [1.29, 1.82) is 5.26 Å². The number of nitrogens with zero attached hydrogens (tertiary/aromatic N) is 2. The van der Waals surface area contributed by atoms with Crippen molar-refractivity contribution in [2.75, 3.05) is 6.54 Å². The number of hydrogen-bond acceptors (Lipinski definition) is 3. The quantitative estimate of drug-likeness (QED) is 0.830. The van der Waals surface area contributed by atoms with Gasteiger partial charge >= 0.3 is 0 Å². The highest BCUT2D eigenvalue weighted by Crippen LogP contribution is 2.33. The molecular formula is C14H18N2O2S. The lowest BCUT2D eigenvalue weighted by molar-refractivity contribution is 0.410. The average Bonchev–Trinajstić information content (AvgIpc) is 3.17. The summed E-state index contributed by atoms with van der Waals surface area (Å²) in [5, 5.41) is 8.68. The summed E-state index contributed by atoms with van der Waals surface area (Å²) in [6, 6.07) is 7.56. The summed E-state index contributed by atoms with van der Waals surface area (Å²) >= 11 is 0. The van der Waals surface area contributed by atoms with E-state index in [1.54, 1.807) is 6.07 Å². The van der Waals surface area contributed by atoms with Crippen molar-refractivity contribution in [2.45, 2.75) is 44.0 Å². The Bertz CT molecular complexity index is 613. The van der Waals surface area contributed by atoms with Gasteiger partial charge in [-0.25, -0.2) is 8.42 Å². The maximum atomic E-state index is 12.7. The van der Waals surface area contributed by atoms with Gasteiger partial charge in [-0.1, -0.05) is 12.1 Å². The molecule has 0 aromatic heterocycles. The Morgan fingerprint density at radius 1 is 1.37 bits per heavy atom. The van der Waals surface area contributed by atoms with E-state index in [-0.39, 0.29) is 19.0 Å². The lowest BCUT2D eigenvalue weighted by Gasteiger charge is -2.22. The third-order valence-electron chi connectivity index (χ3n) is 3.33. The van der Waals surface area contributed by atoms with Crippen molar-refractivity contribution in [3.05, 3.63) is 29.3 Å². The zero-order chi connectivity index (χ0) is 14.0. The molecule has 102 valence electrons. The van der Waals surface area contributed by atoms with E-state index in [1.807, 2.05) is 32.0 Å². The summed E-state index contributed by atoms with van der Waals surface area (Å²) in [5.41, 5.74) is 1.69. The molecule has 0 N–H and O–H groups in total. The molecule has 1 aromatic rings. The van der Waals surface area contributed by atoms with E-state index in [0.29, 0.717) is 4.90 Å². The molecule has 5 heteroatoms. The van der Waals surface area contributed by atoms with Crippen LogP contribution < -0.4 is 0 Å². The van der Waals surface area contributed by atoms with Gasteiger partial charge in [-0.3, -0.25) is 0 Å². The summed E-state index contributed by atoms with van der Waals surface area (Å²) in [6.07, 6.45) is 2.03. The molecule has 0 atom stereocenters. The molecule has 1 aliphatic carbocycles. The molecule has 4 nitrogen and oxygen atoms in total. The van der Waals surface area contributed by atoms with Crippen molar-refractivity contribution in [3.8, 4) is 6.07 Å². The summed E-state index contributed by atoms with van der Waals surface area (Å²) in [4.78, 5) is 0.373. The first-order valence-corrected chi connectivity index (χ1v) is 7.87. The summed E-state index contributed by atoms with van der Waals surface area (Å²) in [6.45, 7) is 3.98. The molecule has 0 aliphatic heterocycles. The van der Waals surface area contributed by atoms with Crippen molar-refractivity contribution < 1.29 is 8.42 Å². The first-order valence-electron chi connectivity index (χ1n) is 6.43. The first-order chi connectivity index (χ1) is 8.96. The fourth-order valence-electron chi connectivity index (χ4n) is 2.13. The molecule has 0 spiro atoms. The van der Waals surface area contributed by atoms with Crippen LogP contribution in [0.15, 0.2) is 23.1 Å². The SMILES string of the molecule is Cc1ccc(C)c(S(=O)(=O)N(CCC#N)C2CC2)c1. The second-order valence-electron chi connectivity index (χ2n) is 5.02. The van der Waals surface area contributed by atoms with Crippen LogP contribution in [0.4, 0.5) is 0 Å². The van der Waals surface area contributed by atoms with Crippen LogP contribution >= 0.6 is 0 Å². The third kappa shape index (κ3) is 2.96. The van der Waals surface area contributed by atoms with Gasteiger partial charge in [0.1, 0.15) is 0 Å².